The number of thioether (sulfide) groups is 1. The number of imide groups is 1. The first-order chi connectivity index (χ1) is 15.6. The Morgan fingerprint density at radius 3 is 2.22 bits per heavy atom. The lowest BCUT2D eigenvalue weighted by Crippen LogP contribution is -2.31. The lowest BCUT2D eigenvalue weighted by molar-refractivity contribution is -0.119. The highest BCUT2D eigenvalue weighted by Crippen LogP contribution is 2.43. The van der Waals surface area contributed by atoms with Gasteiger partial charge in [0.05, 0.1) is 23.3 Å². The summed E-state index contributed by atoms with van der Waals surface area (Å²) in [5.74, 6) is -0.0862. The third kappa shape index (κ3) is 4.34. The Balaban J connectivity index is 1.76. The van der Waals surface area contributed by atoms with E-state index < -0.39 is 0 Å². The highest BCUT2D eigenvalue weighted by atomic mass is 32.2. The van der Waals surface area contributed by atoms with E-state index in [0.717, 1.165) is 24.2 Å². The van der Waals surface area contributed by atoms with Gasteiger partial charge in [0.2, 0.25) is 0 Å². The van der Waals surface area contributed by atoms with Gasteiger partial charge in [0, 0.05) is 10.5 Å². The molecule has 0 spiro atoms. The van der Waals surface area contributed by atoms with Crippen molar-refractivity contribution in [2.75, 3.05) is 12.0 Å². The van der Waals surface area contributed by atoms with Crippen LogP contribution in [0.25, 0.3) is 5.57 Å². The number of nitrogens with zero attached hydrogens (tertiary/aromatic N) is 1. The van der Waals surface area contributed by atoms with Gasteiger partial charge in [0.25, 0.3) is 11.8 Å². The van der Waals surface area contributed by atoms with Crippen LogP contribution < -0.4 is 9.64 Å². The first-order valence-corrected chi connectivity index (χ1v) is 11.5. The quantitative estimate of drug-likeness (QED) is 0.394. The Morgan fingerprint density at radius 1 is 0.844 bits per heavy atom. The minimum atomic E-state index is -0.334. The zero-order chi connectivity index (χ0) is 22.5. The number of benzene rings is 3. The van der Waals surface area contributed by atoms with E-state index in [2.05, 4.69) is 6.92 Å². The zero-order valence-electron chi connectivity index (χ0n) is 18.2. The minimum absolute atomic E-state index is 0.314. The molecule has 1 aliphatic heterocycles. The van der Waals surface area contributed by atoms with Gasteiger partial charge in [0.15, 0.2) is 0 Å². The van der Waals surface area contributed by atoms with Crippen molar-refractivity contribution in [3.63, 3.8) is 0 Å². The van der Waals surface area contributed by atoms with Gasteiger partial charge in [-0.15, -0.1) is 0 Å². The fourth-order valence-electron chi connectivity index (χ4n) is 3.73. The van der Waals surface area contributed by atoms with Crippen molar-refractivity contribution in [1.29, 1.82) is 0 Å². The van der Waals surface area contributed by atoms with Gasteiger partial charge >= 0.3 is 0 Å². The lowest BCUT2D eigenvalue weighted by Gasteiger charge is -2.16. The molecule has 5 heteroatoms. The lowest BCUT2D eigenvalue weighted by atomic mass is 10.0. The van der Waals surface area contributed by atoms with E-state index in [1.165, 1.54) is 22.2 Å². The highest BCUT2D eigenvalue weighted by molar-refractivity contribution is 8.04. The van der Waals surface area contributed by atoms with Crippen LogP contribution >= 0.6 is 11.8 Å². The minimum Gasteiger partial charge on any atom is -0.496 e. The van der Waals surface area contributed by atoms with Crippen molar-refractivity contribution in [3.8, 4) is 5.75 Å². The van der Waals surface area contributed by atoms with Crippen LogP contribution in [0.4, 0.5) is 5.69 Å². The number of aryl methyl sites for hydroxylation is 1. The van der Waals surface area contributed by atoms with Gasteiger partial charge in [-0.05, 0) is 48.7 Å². The first kappa shape index (κ1) is 21.9. The second-order valence-corrected chi connectivity index (χ2v) is 8.62. The Bertz CT molecular complexity index is 1150. The van der Waals surface area contributed by atoms with Gasteiger partial charge in [-0.25, -0.2) is 4.90 Å². The monoisotopic (exact) mass is 443 g/mol. The number of hydrogen-bond donors (Lipinski definition) is 0. The number of para-hydroxylation sites is 1. The maximum Gasteiger partial charge on any atom is 0.272 e. The molecule has 4 nitrogen and oxygen atoms in total. The molecule has 162 valence electrons. The summed E-state index contributed by atoms with van der Waals surface area (Å²) in [6, 6.07) is 24.6. The van der Waals surface area contributed by atoms with Crippen molar-refractivity contribution in [2.45, 2.75) is 31.1 Å². The third-order valence-corrected chi connectivity index (χ3v) is 6.49. The highest BCUT2D eigenvalue weighted by Gasteiger charge is 2.41. The number of methoxy groups -OCH3 is 1. The molecule has 0 N–H and O–H groups in total. The largest absolute Gasteiger partial charge is 0.496 e. The molecule has 32 heavy (non-hydrogen) atoms. The molecule has 0 atom stereocenters. The van der Waals surface area contributed by atoms with Crippen LogP contribution in [0.1, 0.15) is 30.9 Å². The van der Waals surface area contributed by atoms with Crippen LogP contribution in [0, 0.1) is 0 Å². The first-order valence-electron chi connectivity index (χ1n) is 10.7. The molecule has 1 heterocycles. The van der Waals surface area contributed by atoms with Crippen molar-refractivity contribution in [1.82, 2.24) is 0 Å². The van der Waals surface area contributed by atoms with Crippen molar-refractivity contribution in [3.05, 3.63) is 94.9 Å². The van der Waals surface area contributed by atoms with Crippen LogP contribution in [-0.4, -0.2) is 18.9 Å². The van der Waals surface area contributed by atoms with Crippen LogP contribution in [0.2, 0.25) is 0 Å². The standard InChI is InChI=1S/C27H25NO3S/c1-3-4-10-19-15-17-20(18-16-19)28-26(29)24(22-13-8-9-14-23(22)31-2)25(27(28)30)32-21-11-6-5-7-12-21/h5-9,11-18H,3-4,10H2,1-2H3. The van der Waals surface area contributed by atoms with E-state index in [1.807, 2.05) is 72.8 Å². The molecule has 0 saturated heterocycles. The molecular formula is C27H25NO3S. The predicted molar refractivity (Wildman–Crippen MR) is 130 cm³/mol. The van der Waals surface area contributed by atoms with E-state index >= 15 is 0 Å². The van der Waals surface area contributed by atoms with Crippen molar-refractivity contribution >= 4 is 34.8 Å². The van der Waals surface area contributed by atoms with Crippen LogP contribution in [-0.2, 0) is 16.0 Å². The van der Waals surface area contributed by atoms with Gasteiger partial charge in [-0.3, -0.25) is 9.59 Å². The fraction of sp³-hybridized carbons (Fsp3) is 0.185. The van der Waals surface area contributed by atoms with Gasteiger partial charge < -0.3 is 4.74 Å². The molecule has 2 amide bonds. The molecule has 0 radical (unpaired) electrons. The molecule has 0 aromatic heterocycles. The Labute approximate surface area is 192 Å². The molecule has 1 aliphatic rings. The third-order valence-electron chi connectivity index (χ3n) is 5.39. The normalized spacial score (nSPS) is 13.8. The summed E-state index contributed by atoms with van der Waals surface area (Å²) in [6.45, 7) is 2.16. The van der Waals surface area contributed by atoms with Gasteiger partial charge in [0.1, 0.15) is 5.75 Å². The maximum absolute atomic E-state index is 13.6. The summed E-state index contributed by atoms with van der Waals surface area (Å²) in [5, 5.41) is 0. The second-order valence-electron chi connectivity index (χ2n) is 7.54. The summed E-state index contributed by atoms with van der Waals surface area (Å²) in [6.07, 6.45) is 3.22. The summed E-state index contributed by atoms with van der Waals surface area (Å²) >= 11 is 1.31. The Hall–Kier alpha value is -3.31. The van der Waals surface area contributed by atoms with Crippen LogP contribution in [0.5, 0.6) is 5.75 Å². The number of anilines is 1. The van der Waals surface area contributed by atoms with E-state index in [4.69, 9.17) is 4.74 Å². The van der Waals surface area contributed by atoms with Gasteiger partial charge in [-0.2, -0.15) is 0 Å². The maximum atomic E-state index is 13.6. The smallest absolute Gasteiger partial charge is 0.272 e. The molecule has 0 fully saturated rings. The summed E-state index contributed by atoms with van der Waals surface area (Å²) in [4.78, 5) is 29.7. The topological polar surface area (TPSA) is 46.6 Å². The molecule has 0 aliphatic carbocycles. The average molecular weight is 444 g/mol. The van der Waals surface area contributed by atoms with E-state index in [0.29, 0.717) is 27.5 Å². The van der Waals surface area contributed by atoms with E-state index in [9.17, 15) is 9.59 Å². The van der Waals surface area contributed by atoms with E-state index in [-0.39, 0.29) is 11.8 Å². The summed E-state index contributed by atoms with van der Waals surface area (Å²) in [7, 11) is 1.57. The van der Waals surface area contributed by atoms with Crippen molar-refractivity contribution < 1.29 is 14.3 Å². The molecule has 0 saturated carbocycles. The molecule has 3 aromatic carbocycles. The van der Waals surface area contributed by atoms with E-state index in [1.54, 1.807) is 13.2 Å². The molecule has 3 aromatic rings. The predicted octanol–water partition coefficient (Wildman–Crippen LogP) is 6.11. The average Bonchev–Trinajstić information content (AvgIpc) is 3.07. The Morgan fingerprint density at radius 2 is 1.53 bits per heavy atom. The SMILES string of the molecule is CCCCc1ccc(N2C(=O)C(Sc3ccccc3)=C(c3ccccc3OC)C2=O)cc1. The fourth-order valence-corrected chi connectivity index (χ4v) is 4.73. The number of carbonyl (C=O) groups excluding carboxylic acids is 2. The molecule has 0 bridgehead atoms. The number of unbranched alkanes of at least 4 members (excludes halogenated alkanes) is 1. The number of amides is 2. The number of hydrogen-bond acceptors (Lipinski definition) is 4. The molecular weight excluding hydrogens is 418 g/mol. The van der Waals surface area contributed by atoms with Crippen molar-refractivity contribution in [2.24, 2.45) is 0 Å². The number of carbonyl (C=O) groups is 2. The number of rotatable bonds is 8. The molecule has 4 rings (SSSR count). The summed E-state index contributed by atoms with van der Waals surface area (Å²) < 4.78 is 5.51. The number of ether oxygens (including phenoxy) is 1. The van der Waals surface area contributed by atoms with Gasteiger partial charge in [-0.1, -0.05) is 73.6 Å². The van der Waals surface area contributed by atoms with Crippen LogP contribution in [0.15, 0.2) is 88.7 Å². The molecule has 0 unspecified atom stereocenters. The zero-order valence-corrected chi connectivity index (χ0v) is 19.0. The summed E-state index contributed by atoms with van der Waals surface area (Å²) in [5.41, 5.74) is 2.77. The van der Waals surface area contributed by atoms with Crippen LogP contribution in [0.3, 0.4) is 0 Å². The second kappa shape index (κ2) is 9.88. The Kier molecular flexibility index (Phi) is 6.76.